The number of rotatable bonds is 3. The molecule has 0 bridgehead atoms. The van der Waals surface area contributed by atoms with Crippen LogP contribution in [0.4, 0.5) is 20.2 Å². The fraction of sp³-hybridized carbons (Fsp3) is 0.0714. The molecule has 0 aliphatic heterocycles. The maximum Gasteiger partial charge on any atom is 0.336 e. The van der Waals surface area contributed by atoms with E-state index in [9.17, 15) is 13.6 Å². The maximum absolute atomic E-state index is 14.2. The van der Waals surface area contributed by atoms with Crippen molar-refractivity contribution in [1.29, 1.82) is 0 Å². The first-order valence-electron chi connectivity index (χ1n) is 5.62. The van der Waals surface area contributed by atoms with Gasteiger partial charge in [-0.15, -0.1) is 0 Å². The molecule has 2 aromatic carbocycles. The number of carboxylic acids is 1. The molecule has 20 heavy (non-hydrogen) atoms. The number of anilines is 2. The molecule has 0 saturated heterocycles. The molecule has 3 nitrogen and oxygen atoms in total. The van der Waals surface area contributed by atoms with Crippen molar-refractivity contribution in [1.82, 2.24) is 0 Å². The number of carbonyl (C=O) groups is 1. The van der Waals surface area contributed by atoms with Gasteiger partial charge in [-0.2, -0.15) is 0 Å². The first-order chi connectivity index (χ1) is 9.41. The molecule has 0 atom stereocenters. The van der Waals surface area contributed by atoms with E-state index in [1.807, 2.05) is 0 Å². The van der Waals surface area contributed by atoms with Crippen LogP contribution in [0.25, 0.3) is 0 Å². The van der Waals surface area contributed by atoms with Crippen LogP contribution in [0, 0.1) is 11.6 Å². The van der Waals surface area contributed by atoms with Gasteiger partial charge in [-0.3, -0.25) is 0 Å². The minimum atomic E-state index is -1.22. The van der Waals surface area contributed by atoms with Crippen LogP contribution in [0.2, 0.25) is 0 Å². The lowest BCUT2D eigenvalue weighted by Crippen LogP contribution is -2.12. The Bertz CT molecular complexity index is 659. The third kappa shape index (κ3) is 2.65. The highest BCUT2D eigenvalue weighted by molar-refractivity contribution is 9.10. The molecule has 0 aliphatic rings. The van der Waals surface area contributed by atoms with Gasteiger partial charge in [-0.1, -0.05) is 0 Å². The number of aromatic carboxylic acids is 1. The van der Waals surface area contributed by atoms with E-state index in [1.165, 1.54) is 41.3 Å². The Balaban J connectivity index is 2.45. The topological polar surface area (TPSA) is 40.5 Å². The minimum Gasteiger partial charge on any atom is -0.478 e. The highest BCUT2D eigenvalue weighted by Gasteiger charge is 2.18. The van der Waals surface area contributed by atoms with Crippen molar-refractivity contribution in [2.24, 2.45) is 0 Å². The SMILES string of the molecule is CN(c1ccc(F)cc1)c1ccc(C(=O)O)c(Br)c1F. The molecule has 0 heterocycles. The lowest BCUT2D eigenvalue weighted by Gasteiger charge is -2.21. The van der Waals surface area contributed by atoms with Crippen LogP contribution in [0.5, 0.6) is 0 Å². The molecule has 0 saturated carbocycles. The van der Waals surface area contributed by atoms with Gasteiger partial charge in [0.2, 0.25) is 0 Å². The Morgan fingerprint density at radius 3 is 2.30 bits per heavy atom. The van der Waals surface area contributed by atoms with E-state index >= 15 is 0 Å². The normalized spacial score (nSPS) is 10.4. The molecule has 104 valence electrons. The monoisotopic (exact) mass is 341 g/mol. The van der Waals surface area contributed by atoms with Gasteiger partial charge in [-0.25, -0.2) is 13.6 Å². The number of hydrogen-bond acceptors (Lipinski definition) is 2. The fourth-order valence-corrected chi connectivity index (χ4v) is 2.27. The number of carboxylic acid groups (broad SMARTS) is 1. The predicted octanol–water partition coefficient (Wildman–Crippen LogP) is 4.19. The van der Waals surface area contributed by atoms with E-state index in [0.29, 0.717) is 5.69 Å². The maximum atomic E-state index is 14.2. The van der Waals surface area contributed by atoms with Crippen molar-refractivity contribution in [3.8, 4) is 0 Å². The van der Waals surface area contributed by atoms with E-state index in [0.717, 1.165) is 0 Å². The Kier molecular flexibility index (Phi) is 4.04. The average Bonchev–Trinajstić information content (AvgIpc) is 2.41. The van der Waals surface area contributed by atoms with Crippen molar-refractivity contribution in [3.05, 3.63) is 58.1 Å². The zero-order valence-electron chi connectivity index (χ0n) is 10.4. The highest BCUT2D eigenvalue weighted by atomic mass is 79.9. The summed E-state index contributed by atoms with van der Waals surface area (Å²) in [4.78, 5) is 12.4. The molecule has 1 N–H and O–H groups in total. The van der Waals surface area contributed by atoms with Gasteiger partial charge in [0.05, 0.1) is 15.7 Å². The quantitative estimate of drug-likeness (QED) is 0.909. The van der Waals surface area contributed by atoms with E-state index < -0.39 is 11.8 Å². The van der Waals surface area contributed by atoms with Crippen molar-refractivity contribution >= 4 is 33.3 Å². The largest absolute Gasteiger partial charge is 0.478 e. The van der Waals surface area contributed by atoms with Crippen LogP contribution in [0.15, 0.2) is 40.9 Å². The summed E-state index contributed by atoms with van der Waals surface area (Å²) in [6, 6.07) is 8.23. The van der Waals surface area contributed by atoms with E-state index in [1.54, 1.807) is 7.05 Å². The Morgan fingerprint density at radius 1 is 1.15 bits per heavy atom. The van der Waals surface area contributed by atoms with Gasteiger partial charge >= 0.3 is 5.97 Å². The van der Waals surface area contributed by atoms with Gasteiger partial charge in [-0.05, 0) is 52.3 Å². The Labute approximate surface area is 122 Å². The molecular formula is C14H10BrF2NO2. The molecular weight excluding hydrogens is 332 g/mol. The smallest absolute Gasteiger partial charge is 0.336 e. The van der Waals surface area contributed by atoms with Crippen LogP contribution < -0.4 is 4.90 Å². The van der Waals surface area contributed by atoms with Gasteiger partial charge in [0.1, 0.15) is 5.82 Å². The number of hydrogen-bond donors (Lipinski definition) is 1. The Hall–Kier alpha value is -1.95. The molecule has 2 rings (SSSR count). The number of benzene rings is 2. The lowest BCUT2D eigenvalue weighted by atomic mass is 10.1. The van der Waals surface area contributed by atoms with Gasteiger partial charge in [0, 0.05) is 12.7 Å². The summed E-state index contributed by atoms with van der Waals surface area (Å²) in [5.41, 5.74) is 0.618. The minimum absolute atomic E-state index is 0.114. The highest BCUT2D eigenvalue weighted by Crippen LogP contribution is 2.32. The second-order valence-electron chi connectivity index (χ2n) is 4.10. The number of halogens is 3. The molecule has 2 aromatic rings. The van der Waals surface area contributed by atoms with E-state index in [4.69, 9.17) is 5.11 Å². The summed E-state index contributed by atoms with van der Waals surface area (Å²) in [6.45, 7) is 0. The van der Waals surface area contributed by atoms with Crippen LogP contribution in [-0.4, -0.2) is 18.1 Å². The van der Waals surface area contributed by atoms with Crippen molar-refractivity contribution in [2.45, 2.75) is 0 Å². The van der Waals surface area contributed by atoms with Crippen LogP contribution in [0.3, 0.4) is 0 Å². The average molecular weight is 342 g/mol. The molecule has 0 unspecified atom stereocenters. The standard InChI is InChI=1S/C14H10BrF2NO2/c1-18(9-4-2-8(16)3-5-9)11-7-6-10(14(19)20)12(15)13(11)17/h2-7H,1H3,(H,19,20). The second-order valence-corrected chi connectivity index (χ2v) is 4.89. The fourth-order valence-electron chi connectivity index (χ4n) is 1.77. The zero-order valence-corrected chi connectivity index (χ0v) is 12.0. The second kappa shape index (κ2) is 5.58. The van der Waals surface area contributed by atoms with Crippen LogP contribution >= 0.6 is 15.9 Å². The summed E-state index contributed by atoms with van der Waals surface area (Å²) in [5, 5.41) is 8.92. The summed E-state index contributed by atoms with van der Waals surface area (Å²) < 4.78 is 27.0. The number of nitrogens with zero attached hydrogens (tertiary/aromatic N) is 1. The van der Waals surface area contributed by atoms with E-state index in [2.05, 4.69) is 15.9 Å². The molecule has 0 amide bonds. The summed E-state index contributed by atoms with van der Waals surface area (Å²) in [7, 11) is 1.61. The van der Waals surface area contributed by atoms with Gasteiger partial charge < -0.3 is 10.0 Å². The first kappa shape index (κ1) is 14.5. The lowest BCUT2D eigenvalue weighted by molar-refractivity contribution is 0.0695. The molecule has 0 spiro atoms. The Morgan fingerprint density at radius 2 is 1.75 bits per heavy atom. The summed E-state index contributed by atoms with van der Waals surface area (Å²) in [5.74, 6) is -2.28. The molecule has 0 fully saturated rings. The first-order valence-corrected chi connectivity index (χ1v) is 6.41. The van der Waals surface area contributed by atoms with E-state index in [-0.39, 0.29) is 21.5 Å². The van der Waals surface area contributed by atoms with Crippen molar-refractivity contribution in [2.75, 3.05) is 11.9 Å². The molecule has 0 aliphatic carbocycles. The van der Waals surface area contributed by atoms with Crippen molar-refractivity contribution in [3.63, 3.8) is 0 Å². The summed E-state index contributed by atoms with van der Waals surface area (Å²) in [6.07, 6.45) is 0. The summed E-state index contributed by atoms with van der Waals surface area (Å²) >= 11 is 2.94. The predicted molar refractivity (Wildman–Crippen MR) is 75.5 cm³/mol. The van der Waals surface area contributed by atoms with Gasteiger partial charge in [0.15, 0.2) is 5.82 Å². The molecule has 0 radical (unpaired) electrons. The molecule has 6 heteroatoms. The van der Waals surface area contributed by atoms with Gasteiger partial charge in [0.25, 0.3) is 0 Å². The van der Waals surface area contributed by atoms with Crippen molar-refractivity contribution < 1.29 is 18.7 Å². The van der Waals surface area contributed by atoms with Crippen LogP contribution in [0.1, 0.15) is 10.4 Å². The zero-order chi connectivity index (χ0) is 14.9. The van der Waals surface area contributed by atoms with Crippen LogP contribution in [-0.2, 0) is 0 Å². The third-order valence-electron chi connectivity index (χ3n) is 2.87. The third-order valence-corrected chi connectivity index (χ3v) is 3.64. The molecule has 0 aromatic heterocycles.